The molecule has 0 fully saturated rings. The Morgan fingerprint density at radius 2 is 1.86 bits per heavy atom. The summed E-state index contributed by atoms with van der Waals surface area (Å²) >= 11 is 0. The Labute approximate surface area is 121 Å². The standard InChI is InChI=1S/C7H5BF3O2.K/c9-8(10,11)5-2-1-3-6-7(5)13-4-12-6;/h1-3H,4H2;/q-1;+1. The van der Waals surface area contributed by atoms with E-state index in [-0.39, 0.29) is 69.7 Å². The zero-order valence-corrected chi connectivity index (χ0v) is 10.6. The largest absolute Gasteiger partial charge is 1.00 e. The summed E-state index contributed by atoms with van der Waals surface area (Å²) in [7, 11) is 0. The van der Waals surface area contributed by atoms with Crippen LogP contribution in [0, 0.1) is 0 Å². The van der Waals surface area contributed by atoms with Crippen molar-refractivity contribution in [3.63, 3.8) is 0 Å². The predicted molar refractivity (Wildman–Crippen MR) is 41.3 cm³/mol. The molecule has 1 aliphatic heterocycles. The van der Waals surface area contributed by atoms with Crippen LogP contribution in [0.3, 0.4) is 0 Å². The summed E-state index contributed by atoms with van der Waals surface area (Å²) in [5, 5.41) is 0. The zero-order chi connectivity index (χ0) is 9.47. The molecular formula is C7H5BF3KO2. The fourth-order valence-electron chi connectivity index (χ4n) is 1.21. The molecule has 1 aliphatic rings. The van der Waals surface area contributed by atoms with Crippen molar-refractivity contribution in [3.8, 4) is 11.5 Å². The number of fused-ring (bicyclic) bond motifs is 1. The summed E-state index contributed by atoms with van der Waals surface area (Å²) in [5.74, 6) is -0.0216. The first-order valence-electron chi connectivity index (χ1n) is 3.67. The van der Waals surface area contributed by atoms with Crippen molar-refractivity contribution in [3.05, 3.63) is 18.2 Å². The van der Waals surface area contributed by atoms with Gasteiger partial charge >= 0.3 is 58.4 Å². The first-order valence-corrected chi connectivity index (χ1v) is 3.67. The Kier molecular flexibility index (Phi) is 3.93. The van der Waals surface area contributed by atoms with Crippen molar-refractivity contribution in [1.29, 1.82) is 0 Å². The number of hydrogen-bond acceptors (Lipinski definition) is 2. The topological polar surface area (TPSA) is 18.5 Å². The van der Waals surface area contributed by atoms with Crippen LogP contribution >= 0.6 is 0 Å². The van der Waals surface area contributed by atoms with E-state index >= 15 is 0 Å². The van der Waals surface area contributed by atoms with E-state index in [2.05, 4.69) is 0 Å². The molecule has 7 heteroatoms. The van der Waals surface area contributed by atoms with E-state index in [4.69, 9.17) is 9.47 Å². The first kappa shape index (κ1) is 12.4. The van der Waals surface area contributed by atoms with Crippen LogP contribution < -0.4 is 66.3 Å². The number of para-hydroxylation sites is 1. The first-order chi connectivity index (χ1) is 6.09. The van der Waals surface area contributed by atoms with Gasteiger partial charge in [-0.25, -0.2) is 0 Å². The minimum absolute atomic E-state index is 0. The number of benzene rings is 1. The summed E-state index contributed by atoms with van der Waals surface area (Å²) in [6.45, 7) is -5.16. The monoisotopic (exact) mass is 228 g/mol. The summed E-state index contributed by atoms with van der Waals surface area (Å²) in [6.07, 6.45) is 0. The summed E-state index contributed by atoms with van der Waals surface area (Å²) in [6, 6.07) is 3.75. The molecule has 0 aliphatic carbocycles. The van der Waals surface area contributed by atoms with E-state index in [0.29, 0.717) is 0 Å². The number of hydrogen-bond donors (Lipinski definition) is 0. The smallest absolute Gasteiger partial charge is 0.457 e. The molecule has 0 saturated heterocycles. The molecular weight excluding hydrogens is 223 g/mol. The van der Waals surface area contributed by atoms with Gasteiger partial charge in [0.25, 0.3) is 0 Å². The van der Waals surface area contributed by atoms with Gasteiger partial charge in [-0.1, -0.05) is 17.6 Å². The Morgan fingerprint density at radius 3 is 2.50 bits per heavy atom. The molecule has 2 nitrogen and oxygen atoms in total. The van der Waals surface area contributed by atoms with E-state index < -0.39 is 12.4 Å². The molecule has 0 unspecified atom stereocenters. The van der Waals surface area contributed by atoms with Gasteiger partial charge in [0.1, 0.15) is 5.75 Å². The minimum atomic E-state index is -5.02. The zero-order valence-electron chi connectivity index (χ0n) is 7.47. The van der Waals surface area contributed by atoms with Crippen molar-refractivity contribution in [2.24, 2.45) is 0 Å². The van der Waals surface area contributed by atoms with Gasteiger partial charge in [0.05, 0.1) is 0 Å². The van der Waals surface area contributed by atoms with Crippen LogP contribution in [-0.4, -0.2) is 13.8 Å². The second-order valence-corrected chi connectivity index (χ2v) is 2.66. The summed E-state index contributed by atoms with van der Waals surface area (Å²) < 4.78 is 46.7. The molecule has 0 spiro atoms. The SMILES string of the molecule is F[B-](F)(F)c1cccc2c1OCO2.[K+]. The molecule has 14 heavy (non-hydrogen) atoms. The fraction of sp³-hybridized carbons (Fsp3) is 0.143. The number of ether oxygens (including phenoxy) is 2. The van der Waals surface area contributed by atoms with E-state index in [1.807, 2.05) is 0 Å². The second kappa shape index (κ2) is 4.44. The van der Waals surface area contributed by atoms with Crippen molar-refractivity contribution in [2.45, 2.75) is 0 Å². The van der Waals surface area contributed by atoms with E-state index in [0.717, 1.165) is 6.07 Å². The van der Waals surface area contributed by atoms with Crippen LogP contribution in [0.15, 0.2) is 18.2 Å². The van der Waals surface area contributed by atoms with Gasteiger partial charge in [0.2, 0.25) is 6.79 Å². The van der Waals surface area contributed by atoms with Gasteiger partial charge in [-0.05, 0) is 6.07 Å². The maximum atomic E-state index is 12.4. The van der Waals surface area contributed by atoms with Gasteiger partial charge in [-0.3, -0.25) is 0 Å². The molecule has 1 aromatic carbocycles. The van der Waals surface area contributed by atoms with Crippen LogP contribution in [0.2, 0.25) is 0 Å². The molecule has 0 aromatic heterocycles. The molecule has 0 atom stereocenters. The summed E-state index contributed by atoms with van der Waals surface area (Å²) in [5.41, 5.74) is -0.727. The third kappa shape index (κ3) is 2.28. The average Bonchev–Trinajstić information content (AvgIpc) is 2.48. The van der Waals surface area contributed by atoms with Gasteiger partial charge < -0.3 is 22.4 Å². The van der Waals surface area contributed by atoms with E-state index in [1.165, 1.54) is 12.1 Å². The quantitative estimate of drug-likeness (QED) is 0.543. The molecule has 70 valence electrons. The van der Waals surface area contributed by atoms with Crippen molar-refractivity contribution in [1.82, 2.24) is 0 Å². The average molecular weight is 228 g/mol. The van der Waals surface area contributed by atoms with E-state index in [9.17, 15) is 12.9 Å². The second-order valence-electron chi connectivity index (χ2n) is 2.66. The Hall–Kier alpha value is 0.311. The van der Waals surface area contributed by atoms with E-state index in [1.54, 1.807) is 0 Å². The molecule has 1 aromatic rings. The maximum Gasteiger partial charge on any atom is 1.00 e. The fourth-order valence-corrected chi connectivity index (χ4v) is 1.21. The molecule has 0 bridgehead atoms. The number of rotatable bonds is 1. The molecule has 1 heterocycles. The molecule has 0 saturated carbocycles. The van der Waals surface area contributed by atoms with Crippen molar-refractivity contribution >= 4 is 12.4 Å². The summed E-state index contributed by atoms with van der Waals surface area (Å²) in [4.78, 5) is 0. The molecule has 0 amide bonds. The predicted octanol–water partition coefficient (Wildman–Crippen LogP) is -1.53. The third-order valence-electron chi connectivity index (χ3n) is 1.78. The molecule has 2 rings (SSSR count). The van der Waals surface area contributed by atoms with Gasteiger partial charge in [-0.15, -0.1) is 0 Å². The molecule has 0 radical (unpaired) electrons. The third-order valence-corrected chi connectivity index (χ3v) is 1.78. The Balaban J connectivity index is 0.000000980. The minimum Gasteiger partial charge on any atom is -0.457 e. The van der Waals surface area contributed by atoms with Crippen LogP contribution in [0.1, 0.15) is 0 Å². The molecule has 0 N–H and O–H groups in total. The Bertz CT molecular complexity index is 342. The van der Waals surface area contributed by atoms with Crippen LogP contribution in [-0.2, 0) is 0 Å². The van der Waals surface area contributed by atoms with Crippen molar-refractivity contribution < 1.29 is 73.8 Å². The van der Waals surface area contributed by atoms with Crippen LogP contribution in [0.25, 0.3) is 0 Å². The van der Waals surface area contributed by atoms with Gasteiger partial charge in [-0.2, -0.15) is 0 Å². The van der Waals surface area contributed by atoms with Gasteiger partial charge in [0, 0.05) is 0 Å². The Morgan fingerprint density at radius 1 is 1.14 bits per heavy atom. The number of halogens is 3. The van der Waals surface area contributed by atoms with Crippen LogP contribution in [0.5, 0.6) is 11.5 Å². The normalized spacial score (nSPS) is 13.6. The van der Waals surface area contributed by atoms with Crippen molar-refractivity contribution in [2.75, 3.05) is 6.79 Å². The van der Waals surface area contributed by atoms with Gasteiger partial charge in [0.15, 0.2) is 5.75 Å². The maximum absolute atomic E-state index is 12.4. The van der Waals surface area contributed by atoms with Crippen LogP contribution in [0.4, 0.5) is 12.9 Å².